The van der Waals surface area contributed by atoms with Crippen molar-refractivity contribution < 1.29 is 13.2 Å². The number of nitrogens with zero attached hydrogens (tertiary/aromatic N) is 1. The highest BCUT2D eigenvalue weighted by Gasteiger charge is 2.58. The highest BCUT2D eigenvalue weighted by atomic mass is 32.2. The van der Waals surface area contributed by atoms with Crippen molar-refractivity contribution in [1.82, 2.24) is 4.31 Å². The number of rotatable bonds is 2. The SMILES string of the molecule is O=C1Nc2ccccc2C12CN(S(=O)(=O)c1cccs1)C2. The Morgan fingerprint density at radius 1 is 1.14 bits per heavy atom. The Hall–Kier alpha value is -1.70. The van der Waals surface area contributed by atoms with E-state index in [2.05, 4.69) is 5.32 Å². The zero-order chi connectivity index (χ0) is 14.7. The van der Waals surface area contributed by atoms with Crippen LogP contribution in [0.4, 0.5) is 5.69 Å². The predicted octanol–water partition coefficient (Wildman–Crippen LogP) is 1.64. The van der Waals surface area contributed by atoms with Crippen molar-refractivity contribution in [2.24, 2.45) is 0 Å². The molecule has 1 aromatic carbocycles. The molecule has 1 fully saturated rings. The van der Waals surface area contributed by atoms with Gasteiger partial charge in [-0.15, -0.1) is 11.3 Å². The van der Waals surface area contributed by atoms with Crippen molar-refractivity contribution in [3.05, 3.63) is 47.3 Å². The summed E-state index contributed by atoms with van der Waals surface area (Å²) in [6.07, 6.45) is 0. The summed E-state index contributed by atoms with van der Waals surface area (Å²) in [6.45, 7) is 0.409. The number of para-hydroxylation sites is 1. The molecule has 0 bridgehead atoms. The number of sulfonamides is 1. The Kier molecular flexibility index (Phi) is 2.57. The van der Waals surface area contributed by atoms with E-state index in [1.54, 1.807) is 17.5 Å². The van der Waals surface area contributed by atoms with Gasteiger partial charge < -0.3 is 5.32 Å². The van der Waals surface area contributed by atoms with Crippen molar-refractivity contribution in [2.75, 3.05) is 18.4 Å². The smallest absolute Gasteiger partial charge is 0.252 e. The Morgan fingerprint density at radius 2 is 1.90 bits per heavy atom. The maximum absolute atomic E-state index is 12.4. The molecule has 0 unspecified atom stereocenters. The average molecular weight is 320 g/mol. The first-order valence-electron chi connectivity index (χ1n) is 6.49. The van der Waals surface area contributed by atoms with Crippen LogP contribution in [0, 0.1) is 0 Å². The number of carbonyl (C=O) groups excluding carboxylic acids is 1. The van der Waals surface area contributed by atoms with Crippen molar-refractivity contribution >= 4 is 33.0 Å². The highest BCUT2D eigenvalue weighted by Crippen LogP contribution is 2.46. The van der Waals surface area contributed by atoms with E-state index in [0.29, 0.717) is 4.21 Å². The molecular weight excluding hydrogens is 308 g/mol. The molecule has 1 N–H and O–H groups in total. The summed E-state index contributed by atoms with van der Waals surface area (Å²) in [5.41, 5.74) is 0.962. The van der Waals surface area contributed by atoms with Gasteiger partial charge in [-0.05, 0) is 23.1 Å². The van der Waals surface area contributed by atoms with Gasteiger partial charge >= 0.3 is 0 Å². The molecule has 0 aliphatic carbocycles. The largest absolute Gasteiger partial charge is 0.325 e. The maximum atomic E-state index is 12.4. The molecule has 108 valence electrons. The number of nitrogens with one attached hydrogen (secondary N) is 1. The van der Waals surface area contributed by atoms with E-state index in [9.17, 15) is 13.2 Å². The van der Waals surface area contributed by atoms with E-state index < -0.39 is 15.4 Å². The minimum absolute atomic E-state index is 0.110. The molecule has 3 heterocycles. The standard InChI is InChI=1S/C14H12N2O3S2/c17-13-14(10-4-1-2-5-11(10)15-13)8-16(9-14)21(18,19)12-6-3-7-20-12/h1-7H,8-9H2,(H,15,17). The van der Waals surface area contributed by atoms with E-state index in [4.69, 9.17) is 0 Å². The number of benzene rings is 1. The topological polar surface area (TPSA) is 66.5 Å². The lowest BCUT2D eigenvalue weighted by atomic mass is 9.76. The first kappa shape index (κ1) is 13.0. The van der Waals surface area contributed by atoms with Gasteiger partial charge in [-0.1, -0.05) is 24.3 Å². The van der Waals surface area contributed by atoms with Crippen LogP contribution in [0.15, 0.2) is 46.0 Å². The van der Waals surface area contributed by atoms with Crippen LogP contribution >= 0.6 is 11.3 Å². The Balaban J connectivity index is 1.67. The number of amides is 1. The molecule has 0 radical (unpaired) electrons. The van der Waals surface area contributed by atoms with Crippen molar-refractivity contribution in [2.45, 2.75) is 9.62 Å². The van der Waals surface area contributed by atoms with Gasteiger partial charge in [-0.25, -0.2) is 8.42 Å². The van der Waals surface area contributed by atoms with Gasteiger partial charge in [0.25, 0.3) is 10.0 Å². The third kappa shape index (κ3) is 1.65. The molecule has 7 heteroatoms. The normalized spacial score (nSPS) is 20.1. The summed E-state index contributed by atoms with van der Waals surface area (Å²) in [5.74, 6) is -0.110. The van der Waals surface area contributed by atoms with E-state index in [1.807, 2.05) is 24.3 Å². The van der Waals surface area contributed by atoms with Crippen molar-refractivity contribution in [3.63, 3.8) is 0 Å². The van der Waals surface area contributed by atoms with Crippen LogP contribution in [-0.4, -0.2) is 31.7 Å². The fourth-order valence-electron chi connectivity index (χ4n) is 2.95. The summed E-state index contributed by atoms with van der Waals surface area (Å²) in [5, 5.41) is 4.58. The molecule has 1 spiro atoms. The Bertz CT molecular complexity index is 822. The molecule has 0 atom stereocenters. The van der Waals surface area contributed by atoms with E-state index in [-0.39, 0.29) is 19.0 Å². The summed E-state index contributed by atoms with van der Waals surface area (Å²) in [4.78, 5) is 12.3. The molecule has 1 aromatic heterocycles. The molecule has 2 aromatic rings. The van der Waals surface area contributed by atoms with Gasteiger partial charge in [-0.2, -0.15) is 4.31 Å². The van der Waals surface area contributed by atoms with Crippen LogP contribution in [0.5, 0.6) is 0 Å². The minimum Gasteiger partial charge on any atom is -0.325 e. The lowest BCUT2D eigenvalue weighted by Crippen LogP contribution is -2.64. The van der Waals surface area contributed by atoms with Crippen LogP contribution in [0.2, 0.25) is 0 Å². The quantitative estimate of drug-likeness (QED) is 0.915. The molecule has 2 aliphatic heterocycles. The lowest BCUT2D eigenvalue weighted by molar-refractivity contribution is -0.124. The molecule has 1 amide bonds. The summed E-state index contributed by atoms with van der Waals surface area (Å²) >= 11 is 1.19. The highest BCUT2D eigenvalue weighted by molar-refractivity contribution is 7.91. The molecular formula is C14H12N2O3S2. The van der Waals surface area contributed by atoms with Crippen molar-refractivity contribution in [3.8, 4) is 0 Å². The molecule has 5 nitrogen and oxygen atoms in total. The van der Waals surface area contributed by atoms with E-state index in [0.717, 1.165) is 11.3 Å². The second-order valence-electron chi connectivity index (χ2n) is 5.29. The Morgan fingerprint density at radius 3 is 2.62 bits per heavy atom. The van der Waals surface area contributed by atoms with Gasteiger partial charge in [0.2, 0.25) is 5.91 Å². The van der Waals surface area contributed by atoms with Crippen LogP contribution in [-0.2, 0) is 20.2 Å². The number of hydrogen-bond donors (Lipinski definition) is 1. The van der Waals surface area contributed by atoms with Gasteiger partial charge in [0.1, 0.15) is 9.62 Å². The fraction of sp³-hybridized carbons (Fsp3) is 0.214. The molecule has 4 rings (SSSR count). The van der Waals surface area contributed by atoms with Crippen LogP contribution in [0.3, 0.4) is 0 Å². The molecule has 0 saturated carbocycles. The van der Waals surface area contributed by atoms with Crippen molar-refractivity contribution in [1.29, 1.82) is 0 Å². The van der Waals surface area contributed by atoms with Gasteiger partial charge in [0.05, 0.1) is 0 Å². The summed E-state index contributed by atoms with van der Waals surface area (Å²) in [7, 11) is -3.48. The predicted molar refractivity (Wildman–Crippen MR) is 79.8 cm³/mol. The van der Waals surface area contributed by atoms with Gasteiger partial charge in [0.15, 0.2) is 0 Å². The van der Waals surface area contributed by atoms with Gasteiger partial charge in [0, 0.05) is 18.8 Å². The monoisotopic (exact) mass is 320 g/mol. The third-order valence-corrected chi connectivity index (χ3v) is 7.27. The van der Waals surface area contributed by atoms with Crippen LogP contribution in [0.25, 0.3) is 0 Å². The molecule has 1 saturated heterocycles. The number of hydrogen-bond acceptors (Lipinski definition) is 4. The number of thiophene rings is 1. The van der Waals surface area contributed by atoms with Gasteiger partial charge in [-0.3, -0.25) is 4.79 Å². The number of anilines is 1. The molecule has 21 heavy (non-hydrogen) atoms. The summed E-state index contributed by atoms with van der Waals surface area (Å²) in [6, 6.07) is 10.8. The van der Waals surface area contributed by atoms with Crippen LogP contribution < -0.4 is 5.32 Å². The zero-order valence-corrected chi connectivity index (χ0v) is 12.6. The molecule has 2 aliphatic rings. The third-order valence-electron chi connectivity index (χ3n) is 4.11. The fourth-order valence-corrected chi connectivity index (χ4v) is 5.65. The summed E-state index contributed by atoms with van der Waals surface area (Å²) < 4.78 is 26.6. The average Bonchev–Trinajstić information content (AvgIpc) is 3.01. The minimum atomic E-state index is -3.48. The second-order valence-corrected chi connectivity index (χ2v) is 8.40. The van der Waals surface area contributed by atoms with E-state index in [1.165, 1.54) is 15.6 Å². The second kappa shape index (κ2) is 4.16. The number of fused-ring (bicyclic) bond motifs is 2. The van der Waals surface area contributed by atoms with Crippen LogP contribution in [0.1, 0.15) is 5.56 Å². The number of carbonyl (C=O) groups is 1. The Labute approximate surface area is 126 Å². The zero-order valence-electron chi connectivity index (χ0n) is 10.9. The lowest BCUT2D eigenvalue weighted by Gasteiger charge is -2.44. The first-order chi connectivity index (χ1) is 10.0. The maximum Gasteiger partial charge on any atom is 0.252 e. The van der Waals surface area contributed by atoms with E-state index >= 15 is 0 Å². The first-order valence-corrected chi connectivity index (χ1v) is 8.81.